The summed E-state index contributed by atoms with van der Waals surface area (Å²) in [5.41, 5.74) is -1.72. The number of hydrogen-bond acceptors (Lipinski definition) is 8. The van der Waals surface area contributed by atoms with Gasteiger partial charge in [0.15, 0.2) is 17.0 Å². The Bertz CT molecular complexity index is 1520. The Morgan fingerprint density at radius 3 is 2.49 bits per heavy atom. The van der Waals surface area contributed by atoms with Gasteiger partial charge in [-0.15, -0.1) is 0 Å². The normalized spacial score (nSPS) is 10.7. The lowest BCUT2D eigenvalue weighted by Crippen LogP contribution is -2.28. The molecule has 1 amide bonds. The van der Waals surface area contributed by atoms with Gasteiger partial charge in [0, 0.05) is 11.5 Å². The number of benzene rings is 2. The molecule has 10 nitrogen and oxygen atoms in total. The number of amides is 1. The number of carbonyl (C=O) groups is 2. The van der Waals surface area contributed by atoms with E-state index in [0.29, 0.717) is 23.4 Å². The van der Waals surface area contributed by atoms with Crippen LogP contribution in [0.25, 0.3) is 16.7 Å². The Hall–Kier alpha value is -4.73. The minimum atomic E-state index is -0.912. The number of carbonyl (C=O) groups excluding carboxylic acids is 2. The van der Waals surface area contributed by atoms with Crippen molar-refractivity contribution in [2.24, 2.45) is 0 Å². The first-order valence-corrected chi connectivity index (χ1v) is 10.8. The van der Waals surface area contributed by atoms with E-state index < -0.39 is 23.1 Å². The highest BCUT2D eigenvalue weighted by molar-refractivity contribution is 6.08. The van der Waals surface area contributed by atoms with Crippen LogP contribution < -0.4 is 21.2 Å². The molecule has 0 spiro atoms. The van der Waals surface area contributed by atoms with E-state index in [2.05, 4.69) is 10.4 Å². The maximum atomic E-state index is 13.0. The molecule has 0 radical (unpaired) electrons. The highest BCUT2D eigenvalue weighted by Crippen LogP contribution is 2.25. The lowest BCUT2D eigenvalue weighted by Gasteiger charge is -2.12. The summed E-state index contributed by atoms with van der Waals surface area (Å²) < 4.78 is 16.9. The number of nitrogens with one attached hydrogen (secondary N) is 1. The fourth-order valence-electron chi connectivity index (χ4n) is 3.39. The zero-order chi connectivity index (χ0) is 24.9. The van der Waals surface area contributed by atoms with Gasteiger partial charge >= 0.3 is 11.6 Å². The van der Waals surface area contributed by atoms with E-state index in [1.165, 1.54) is 6.07 Å². The largest absolute Gasteiger partial charge is 0.490 e. The fraction of sp³-hybridized carbons (Fsp3) is 0.160. The van der Waals surface area contributed by atoms with Crippen molar-refractivity contribution in [2.45, 2.75) is 13.8 Å². The molecule has 2 heterocycles. The molecule has 0 aliphatic carbocycles. The van der Waals surface area contributed by atoms with Gasteiger partial charge in [-0.3, -0.25) is 9.59 Å². The Kier molecular flexibility index (Phi) is 6.72. The third-order valence-corrected chi connectivity index (χ3v) is 4.92. The van der Waals surface area contributed by atoms with Crippen molar-refractivity contribution in [3.63, 3.8) is 0 Å². The third kappa shape index (κ3) is 4.81. The Labute approximate surface area is 198 Å². The van der Waals surface area contributed by atoms with E-state index in [1.54, 1.807) is 62.4 Å². The van der Waals surface area contributed by atoms with Crippen molar-refractivity contribution >= 4 is 28.5 Å². The van der Waals surface area contributed by atoms with Crippen LogP contribution in [0.3, 0.4) is 0 Å². The van der Waals surface area contributed by atoms with Crippen LogP contribution in [0.15, 0.2) is 74.7 Å². The molecule has 0 saturated heterocycles. The van der Waals surface area contributed by atoms with E-state index in [4.69, 9.17) is 13.9 Å². The van der Waals surface area contributed by atoms with Gasteiger partial charge in [-0.2, -0.15) is 9.78 Å². The Morgan fingerprint density at radius 2 is 1.77 bits per heavy atom. The molecule has 2 aromatic heterocycles. The lowest BCUT2D eigenvalue weighted by molar-refractivity contribution is 0.0518. The standard InChI is InChI=1S/C25H21N3O7/c1-3-33-19-12-8-9-15-13-17(24(31)35-22(15)19)23(30)26-18-14-20(29)28(16-10-6-5-7-11-16)27-21(18)25(32)34-4-2/h5-14H,3-4H2,1-2H3,(H,26,30). The van der Waals surface area contributed by atoms with Crippen LogP contribution >= 0.6 is 0 Å². The number of rotatable bonds is 7. The molecule has 4 aromatic rings. The summed E-state index contributed by atoms with van der Waals surface area (Å²) in [4.78, 5) is 50.9. The van der Waals surface area contributed by atoms with Gasteiger partial charge < -0.3 is 19.2 Å². The molecule has 10 heteroatoms. The Morgan fingerprint density at radius 1 is 1.00 bits per heavy atom. The first-order chi connectivity index (χ1) is 16.9. The second-order valence-electron chi connectivity index (χ2n) is 7.22. The van der Waals surface area contributed by atoms with Gasteiger partial charge in [0.05, 0.1) is 24.6 Å². The van der Waals surface area contributed by atoms with E-state index in [0.717, 1.165) is 10.7 Å². The molecule has 0 aliphatic rings. The van der Waals surface area contributed by atoms with Crippen molar-refractivity contribution in [1.82, 2.24) is 9.78 Å². The van der Waals surface area contributed by atoms with Gasteiger partial charge in [-0.1, -0.05) is 30.3 Å². The molecule has 0 fully saturated rings. The van der Waals surface area contributed by atoms with E-state index in [-0.39, 0.29) is 29.1 Å². The number of anilines is 1. The van der Waals surface area contributed by atoms with Crippen LogP contribution in [-0.4, -0.2) is 34.9 Å². The zero-order valence-corrected chi connectivity index (χ0v) is 18.9. The number of hydrogen-bond donors (Lipinski definition) is 1. The summed E-state index contributed by atoms with van der Waals surface area (Å²) in [5.74, 6) is -1.36. The van der Waals surface area contributed by atoms with Crippen molar-refractivity contribution in [1.29, 1.82) is 0 Å². The number of nitrogens with zero attached hydrogens (tertiary/aromatic N) is 2. The van der Waals surface area contributed by atoms with Gasteiger partial charge in [0.2, 0.25) is 0 Å². The fourth-order valence-corrected chi connectivity index (χ4v) is 3.39. The molecule has 0 saturated carbocycles. The predicted octanol–water partition coefficient (Wildman–Crippen LogP) is 3.17. The second-order valence-corrected chi connectivity index (χ2v) is 7.22. The summed E-state index contributed by atoms with van der Waals surface area (Å²) in [6.07, 6.45) is 0. The second kappa shape index (κ2) is 10.0. The topological polar surface area (TPSA) is 130 Å². The van der Waals surface area contributed by atoms with E-state index in [9.17, 15) is 19.2 Å². The summed E-state index contributed by atoms with van der Waals surface area (Å²) in [6.45, 7) is 3.82. The Balaban J connectivity index is 1.76. The van der Waals surface area contributed by atoms with Crippen LogP contribution in [0.4, 0.5) is 5.69 Å². The van der Waals surface area contributed by atoms with Crippen LogP contribution in [0.1, 0.15) is 34.7 Å². The molecule has 1 N–H and O–H groups in total. The monoisotopic (exact) mass is 475 g/mol. The summed E-state index contributed by atoms with van der Waals surface area (Å²) >= 11 is 0. The SMILES string of the molecule is CCOC(=O)c1nn(-c2ccccc2)c(=O)cc1NC(=O)c1cc2cccc(OCC)c2oc1=O. The minimum Gasteiger partial charge on any atom is -0.490 e. The molecule has 35 heavy (non-hydrogen) atoms. The molecule has 0 bridgehead atoms. The summed E-state index contributed by atoms with van der Waals surface area (Å²) in [7, 11) is 0. The van der Waals surface area contributed by atoms with Gasteiger partial charge in [-0.25, -0.2) is 9.59 Å². The molecule has 178 valence electrons. The van der Waals surface area contributed by atoms with Crippen LogP contribution in [0.2, 0.25) is 0 Å². The highest BCUT2D eigenvalue weighted by Gasteiger charge is 2.22. The molecule has 2 aromatic carbocycles. The molecular formula is C25H21N3O7. The predicted molar refractivity (Wildman–Crippen MR) is 127 cm³/mol. The zero-order valence-electron chi connectivity index (χ0n) is 18.9. The van der Waals surface area contributed by atoms with Gasteiger partial charge in [-0.05, 0) is 38.1 Å². The minimum absolute atomic E-state index is 0.0504. The molecule has 0 atom stereocenters. The average molecular weight is 475 g/mol. The number of fused-ring (bicyclic) bond motifs is 1. The number of aromatic nitrogens is 2. The quantitative estimate of drug-likeness (QED) is 0.319. The first-order valence-electron chi connectivity index (χ1n) is 10.8. The van der Waals surface area contributed by atoms with E-state index in [1.807, 2.05) is 0 Å². The van der Waals surface area contributed by atoms with Crippen molar-refractivity contribution in [3.8, 4) is 11.4 Å². The molecular weight excluding hydrogens is 454 g/mol. The average Bonchev–Trinajstić information content (AvgIpc) is 2.85. The summed E-state index contributed by atoms with van der Waals surface area (Å²) in [5, 5.41) is 7.00. The van der Waals surface area contributed by atoms with Crippen LogP contribution in [0.5, 0.6) is 5.75 Å². The van der Waals surface area contributed by atoms with Gasteiger partial charge in [0.1, 0.15) is 5.56 Å². The van der Waals surface area contributed by atoms with Crippen molar-refractivity contribution in [3.05, 3.63) is 92.7 Å². The molecule has 0 aliphatic heterocycles. The van der Waals surface area contributed by atoms with Gasteiger partial charge in [0.25, 0.3) is 11.5 Å². The highest BCUT2D eigenvalue weighted by atomic mass is 16.5. The summed E-state index contributed by atoms with van der Waals surface area (Å²) in [6, 6.07) is 15.8. The number of esters is 1. The third-order valence-electron chi connectivity index (χ3n) is 4.92. The molecule has 0 unspecified atom stereocenters. The lowest BCUT2D eigenvalue weighted by atomic mass is 10.1. The van der Waals surface area contributed by atoms with E-state index >= 15 is 0 Å². The first kappa shape index (κ1) is 23.4. The maximum Gasteiger partial charge on any atom is 0.360 e. The smallest absolute Gasteiger partial charge is 0.360 e. The van der Waals surface area contributed by atoms with Crippen LogP contribution in [-0.2, 0) is 4.74 Å². The van der Waals surface area contributed by atoms with Crippen molar-refractivity contribution < 1.29 is 23.5 Å². The van der Waals surface area contributed by atoms with Crippen molar-refractivity contribution in [2.75, 3.05) is 18.5 Å². The molecule has 4 rings (SSSR count). The number of ether oxygens (including phenoxy) is 2. The maximum absolute atomic E-state index is 13.0. The van der Waals surface area contributed by atoms with Crippen LogP contribution in [0, 0.1) is 0 Å². The number of para-hydroxylation sites is 2.